The first-order chi connectivity index (χ1) is 9.58. The summed E-state index contributed by atoms with van der Waals surface area (Å²) >= 11 is 0. The number of allylic oxidation sites excluding steroid dienone is 1. The van der Waals surface area contributed by atoms with Gasteiger partial charge in [0.1, 0.15) is 5.60 Å². The van der Waals surface area contributed by atoms with Gasteiger partial charge in [0.2, 0.25) is 0 Å². The number of benzene rings is 1. The van der Waals surface area contributed by atoms with E-state index < -0.39 is 5.60 Å². The summed E-state index contributed by atoms with van der Waals surface area (Å²) < 4.78 is 5.56. The van der Waals surface area contributed by atoms with Crippen molar-refractivity contribution in [2.75, 3.05) is 0 Å². The molecule has 0 spiro atoms. The second-order valence-corrected chi connectivity index (χ2v) is 7.54. The number of ether oxygens (including phenoxy) is 1. The second-order valence-electron chi connectivity index (χ2n) is 7.54. The Kier molecular flexibility index (Phi) is 3.87. The molecule has 0 aromatic heterocycles. The number of carbonyl (C=O) groups excluding carboxylic acids is 1. The number of hydrogen-bond acceptors (Lipinski definition) is 2. The lowest BCUT2D eigenvalue weighted by molar-refractivity contribution is 0.0263. The van der Waals surface area contributed by atoms with Crippen LogP contribution >= 0.6 is 0 Å². The maximum atomic E-state index is 12.5. The van der Waals surface area contributed by atoms with Crippen LogP contribution in [0.4, 0.5) is 4.79 Å². The van der Waals surface area contributed by atoms with Crippen molar-refractivity contribution in [3.63, 3.8) is 0 Å². The fraction of sp³-hybridized carbons (Fsp3) is 0.500. The minimum absolute atomic E-state index is 0.121. The van der Waals surface area contributed by atoms with Crippen LogP contribution in [0.3, 0.4) is 0 Å². The topological polar surface area (TPSA) is 29.5 Å². The molecule has 3 heteroatoms. The molecule has 0 saturated heterocycles. The lowest BCUT2D eigenvalue weighted by atomic mass is 9.86. The third-order valence-corrected chi connectivity index (χ3v) is 3.35. The lowest BCUT2D eigenvalue weighted by Crippen LogP contribution is -2.40. The summed E-state index contributed by atoms with van der Waals surface area (Å²) in [5.41, 5.74) is 2.72. The molecule has 1 heterocycles. The molecule has 0 aliphatic carbocycles. The molecule has 0 N–H and O–H groups in total. The van der Waals surface area contributed by atoms with Crippen LogP contribution in [0, 0.1) is 5.41 Å². The molecule has 3 nitrogen and oxygen atoms in total. The molecule has 0 bridgehead atoms. The van der Waals surface area contributed by atoms with E-state index in [1.807, 2.05) is 32.9 Å². The molecule has 0 saturated carbocycles. The molecular weight excluding hydrogens is 262 g/mol. The number of carbonyl (C=O) groups is 1. The van der Waals surface area contributed by atoms with Gasteiger partial charge in [-0.3, -0.25) is 4.90 Å². The van der Waals surface area contributed by atoms with E-state index in [2.05, 4.69) is 39.0 Å². The highest BCUT2D eigenvalue weighted by Crippen LogP contribution is 2.36. The molecule has 1 aromatic carbocycles. The molecule has 1 aromatic rings. The maximum Gasteiger partial charge on any atom is 0.414 e. The Morgan fingerprint density at radius 2 is 1.71 bits per heavy atom. The molecule has 1 aliphatic rings. The molecule has 114 valence electrons. The van der Waals surface area contributed by atoms with Crippen LogP contribution in [0.25, 0.3) is 6.08 Å². The minimum atomic E-state index is -0.489. The summed E-state index contributed by atoms with van der Waals surface area (Å²) in [6.07, 6.45) is 1.82. The fourth-order valence-electron chi connectivity index (χ4n) is 2.40. The Balaban J connectivity index is 2.40. The number of amides is 1. The first kappa shape index (κ1) is 15.6. The molecule has 0 unspecified atom stereocenters. The molecular formula is C18H25NO2. The summed E-state index contributed by atoms with van der Waals surface area (Å²) in [5, 5.41) is 0. The van der Waals surface area contributed by atoms with Gasteiger partial charge >= 0.3 is 6.09 Å². The van der Waals surface area contributed by atoms with E-state index in [-0.39, 0.29) is 11.5 Å². The van der Waals surface area contributed by atoms with Gasteiger partial charge in [-0.1, -0.05) is 45.0 Å². The summed E-state index contributed by atoms with van der Waals surface area (Å²) in [4.78, 5) is 14.3. The standard InChI is InChI=1S/C18H25NO2/c1-17(2,3)15-11-13-9-7-8-10-14(13)12-19(15)16(20)21-18(4,5)6/h7-11H,12H2,1-6H3. The van der Waals surface area contributed by atoms with Crippen LogP contribution in [0.15, 0.2) is 30.0 Å². The summed E-state index contributed by atoms with van der Waals surface area (Å²) in [6, 6.07) is 8.18. The van der Waals surface area contributed by atoms with Crippen molar-refractivity contribution in [3.8, 4) is 0 Å². The minimum Gasteiger partial charge on any atom is -0.443 e. The van der Waals surface area contributed by atoms with Crippen molar-refractivity contribution in [2.24, 2.45) is 5.41 Å². The molecule has 2 rings (SSSR count). The van der Waals surface area contributed by atoms with Crippen molar-refractivity contribution in [2.45, 2.75) is 53.7 Å². The Hall–Kier alpha value is -1.77. The normalized spacial score (nSPS) is 15.3. The van der Waals surface area contributed by atoms with E-state index in [1.165, 1.54) is 5.56 Å². The van der Waals surface area contributed by atoms with Crippen LogP contribution in [0.1, 0.15) is 52.7 Å². The SMILES string of the molecule is CC(C)(C)OC(=O)N1Cc2ccccc2C=C1C(C)(C)C. The predicted octanol–water partition coefficient (Wildman–Crippen LogP) is 4.82. The Morgan fingerprint density at radius 3 is 2.29 bits per heavy atom. The Bertz CT molecular complexity index is 574. The fourth-order valence-corrected chi connectivity index (χ4v) is 2.40. The van der Waals surface area contributed by atoms with Crippen LogP contribution in [0.5, 0.6) is 0 Å². The van der Waals surface area contributed by atoms with Crippen molar-refractivity contribution < 1.29 is 9.53 Å². The van der Waals surface area contributed by atoms with Crippen LogP contribution < -0.4 is 0 Å². The zero-order valence-electron chi connectivity index (χ0n) is 13.9. The van der Waals surface area contributed by atoms with E-state index in [4.69, 9.17) is 4.74 Å². The molecule has 0 radical (unpaired) electrons. The Labute approximate surface area is 127 Å². The summed E-state index contributed by atoms with van der Waals surface area (Å²) in [5.74, 6) is 0. The molecule has 1 aliphatic heterocycles. The number of hydrogen-bond donors (Lipinski definition) is 0. The van der Waals surface area contributed by atoms with Crippen molar-refractivity contribution in [1.29, 1.82) is 0 Å². The molecule has 0 atom stereocenters. The van der Waals surface area contributed by atoms with Crippen LogP contribution in [-0.4, -0.2) is 16.6 Å². The summed E-state index contributed by atoms with van der Waals surface area (Å²) in [7, 11) is 0. The smallest absolute Gasteiger partial charge is 0.414 e. The van der Waals surface area contributed by atoms with Gasteiger partial charge in [-0.15, -0.1) is 0 Å². The van der Waals surface area contributed by atoms with Gasteiger partial charge in [0.15, 0.2) is 0 Å². The first-order valence-corrected chi connectivity index (χ1v) is 7.38. The van der Waals surface area contributed by atoms with E-state index in [0.717, 1.165) is 11.3 Å². The molecule has 21 heavy (non-hydrogen) atoms. The van der Waals surface area contributed by atoms with Gasteiger partial charge in [-0.05, 0) is 38.0 Å². The third kappa shape index (κ3) is 3.66. The van der Waals surface area contributed by atoms with Gasteiger partial charge in [0, 0.05) is 11.1 Å². The van der Waals surface area contributed by atoms with Gasteiger partial charge in [0.05, 0.1) is 6.54 Å². The highest BCUT2D eigenvalue weighted by molar-refractivity contribution is 5.75. The maximum absolute atomic E-state index is 12.5. The number of fused-ring (bicyclic) bond motifs is 1. The van der Waals surface area contributed by atoms with E-state index in [0.29, 0.717) is 6.54 Å². The molecule has 1 amide bonds. The summed E-state index contributed by atoms with van der Waals surface area (Å²) in [6.45, 7) is 12.6. The van der Waals surface area contributed by atoms with E-state index in [9.17, 15) is 4.79 Å². The van der Waals surface area contributed by atoms with Crippen molar-refractivity contribution in [3.05, 3.63) is 41.1 Å². The van der Waals surface area contributed by atoms with Gasteiger partial charge in [-0.2, -0.15) is 0 Å². The average molecular weight is 287 g/mol. The molecule has 0 fully saturated rings. The monoisotopic (exact) mass is 287 g/mol. The zero-order valence-corrected chi connectivity index (χ0v) is 13.9. The van der Waals surface area contributed by atoms with Gasteiger partial charge in [0.25, 0.3) is 0 Å². The zero-order chi connectivity index (χ0) is 15.8. The van der Waals surface area contributed by atoms with Crippen molar-refractivity contribution in [1.82, 2.24) is 4.90 Å². The van der Waals surface area contributed by atoms with E-state index in [1.54, 1.807) is 4.90 Å². The predicted molar refractivity (Wildman–Crippen MR) is 85.7 cm³/mol. The van der Waals surface area contributed by atoms with Gasteiger partial charge < -0.3 is 4.74 Å². The highest BCUT2D eigenvalue weighted by Gasteiger charge is 2.33. The number of nitrogens with zero attached hydrogens (tertiary/aromatic N) is 1. The van der Waals surface area contributed by atoms with E-state index >= 15 is 0 Å². The first-order valence-electron chi connectivity index (χ1n) is 7.38. The highest BCUT2D eigenvalue weighted by atomic mass is 16.6. The number of rotatable bonds is 0. The lowest BCUT2D eigenvalue weighted by Gasteiger charge is -2.37. The quantitative estimate of drug-likeness (QED) is 0.684. The largest absolute Gasteiger partial charge is 0.443 e. The van der Waals surface area contributed by atoms with Gasteiger partial charge in [-0.25, -0.2) is 4.79 Å². The third-order valence-electron chi connectivity index (χ3n) is 3.35. The van der Waals surface area contributed by atoms with Crippen LogP contribution in [-0.2, 0) is 11.3 Å². The second kappa shape index (κ2) is 5.21. The average Bonchev–Trinajstić information content (AvgIpc) is 2.34. The van der Waals surface area contributed by atoms with Crippen LogP contribution in [0.2, 0.25) is 0 Å². The van der Waals surface area contributed by atoms with Crippen molar-refractivity contribution >= 4 is 12.2 Å². The Morgan fingerprint density at radius 1 is 1.10 bits per heavy atom.